The van der Waals surface area contributed by atoms with E-state index in [1.54, 1.807) is 7.11 Å². The first-order valence-electron chi connectivity index (χ1n) is 11.6. The van der Waals surface area contributed by atoms with Gasteiger partial charge in [0.2, 0.25) is 5.91 Å². The van der Waals surface area contributed by atoms with Gasteiger partial charge in [-0.25, -0.2) is 0 Å². The van der Waals surface area contributed by atoms with Gasteiger partial charge in [-0.15, -0.1) is 0 Å². The van der Waals surface area contributed by atoms with Gasteiger partial charge in [0, 0.05) is 31.9 Å². The molecule has 32 heavy (non-hydrogen) atoms. The zero-order chi connectivity index (χ0) is 22.5. The number of para-hydroxylation sites is 1. The summed E-state index contributed by atoms with van der Waals surface area (Å²) >= 11 is 0. The molecular formula is C26H33N3O3. The van der Waals surface area contributed by atoms with E-state index in [1.807, 2.05) is 60.4 Å². The molecule has 6 heteroatoms. The SMILES string of the molecule is COc1ccccc1C(=O)N1CCN(C(C(=O)Nc2ccc(C)cc2)C2CCCC2)CC1. The molecule has 170 valence electrons. The van der Waals surface area contributed by atoms with Crippen molar-refractivity contribution in [3.63, 3.8) is 0 Å². The molecule has 1 saturated carbocycles. The van der Waals surface area contributed by atoms with Crippen LogP contribution in [0.15, 0.2) is 48.5 Å². The largest absolute Gasteiger partial charge is 0.496 e. The molecule has 1 atom stereocenters. The number of anilines is 1. The number of piperazine rings is 1. The summed E-state index contributed by atoms with van der Waals surface area (Å²) < 4.78 is 5.37. The lowest BCUT2D eigenvalue weighted by molar-refractivity contribution is -0.123. The van der Waals surface area contributed by atoms with Gasteiger partial charge in [0.1, 0.15) is 5.75 Å². The molecule has 0 bridgehead atoms. The Balaban J connectivity index is 1.44. The van der Waals surface area contributed by atoms with Crippen molar-refractivity contribution < 1.29 is 14.3 Å². The van der Waals surface area contributed by atoms with Crippen LogP contribution >= 0.6 is 0 Å². The Morgan fingerprint density at radius 3 is 2.28 bits per heavy atom. The Labute approximate surface area is 190 Å². The molecule has 2 aromatic carbocycles. The summed E-state index contributed by atoms with van der Waals surface area (Å²) in [4.78, 5) is 30.6. The number of amides is 2. The maximum absolute atomic E-state index is 13.4. The average Bonchev–Trinajstić information content (AvgIpc) is 3.35. The van der Waals surface area contributed by atoms with Crippen molar-refractivity contribution in [2.24, 2.45) is 5.92 Å². The zero-order valence-corrected chi connectivity index (χ0v) is 19.0. The number of methoxy groups -OCH3 is 1. The average molecular weight is 436 g/mol. The van der Waals surface area contributed by atoms with E-state index in [0.29, 0.717) is 43.4 Å². The molecule has 2 fully saturated rings. The monoisotopic (exact) mass is 435 g/mol. The van der Waals surface area contributed by atoms with E-state index in [4.69, 9.17) is 4.74 Å². The maximum Gasteiger partial charge on any atom is 0.257 e. The number of hydrogen-bond acceptors (Lipinski definition) is 4. The minimum Gasteiger partial charge on any atom is -0.496 e. The summed E-state index contributed by atoms with van der Waals surface area (Å²) in [6.45, 7) is 4.65. The van der Waals surface area contributed by atoms with Crippen LogP contribution in [0.25, 0.3) is 0 Å². The van der Waals surface area contributed by atoms with Crippen LogP contribution in [-0.4, -0.2) is 60.9 Å². The van der Waals surface area contributed by atoms with E-state index in [0.717, 1.165) is 18.5 Å². The predicted molar refractivity (Wildman–Crippen MR) is 126 cm³/mol. The third kappa shape index (κ3) is 4.96. The van der Waals surface area contributed by atoms with Gasteiger partial charge in [-0.05, 0) is 49.9 Å². The highest BCUT2D eigenvalue weighted by molar-refractivity contribution is 5.97. The topological polar surface area (TPSA) is 61.9 Å². The predicted octanol–water partition coefficient (Wildman–Crippen LogP) is 3.96. The van der Waals surface area contributed by atoms with Crippen molar-refractivity contribution in [2.75, 3.05) is 38.6 Å². The highest BCUT2D eigenvalue weighted by Gasteiger charge is 2.37. The highest BCUT2D eigenvalue weighted by atomic mass is 16.5. The van der Waals surface area contributed by atoms with Gasteiger partial charge in [0.15, 0.2) is 0 Å². The number of carbonyl (C=O) groups excluding carboxylic acids is 2. The second-order valence-corrected chi connectivity index (χ2v) is 8.87. The summed E-state index contributed by atoms with van der Waals surface area (Å²) in [7, 11) is 1.59. The van der Waals surface area contributed by atoms with Crippen LogP contribution in [0.5, 0.6) is 5.75 Å². The van der Waals surface area contributed by atoms with E-state index in [9.17, 15) is 9.59 Å². The molecule has 4 rings (SSSR count). The Morgan fingerprint density at radius 2 is 1.62 bits per heavy atom. The quantitative estimate of drug-likeness (QED) is 0.746. The van der Waals surface area contributed by atoms with Crippen LogP contribution in [0, 0.1) is 12.8 Å². The van der Waals surface area contributed by atoms with Crippen molar-refractivity contribution in [1.29, 1.82) is 0 Å². The lowest BCUT2D eigenvalue weighted by Crippen LogP contribution is -2.56. The standard InChI is InChI=1S/C26H33N3O3/c1-19-11-13-21(14-12-19)27-25(30)24(20-7-3-4-8-20)28-15-17-29(18-16-28)26(31)22-9-5-6-10-23(22)32-2/h5-6,9-14,20,24H,3-4,7-8,15-18H2,1-2H3,(H,27,30). The van der Waals surface area contributed by atoms with Crippen molar-refractivity contribution >= 4 is 17.5 Å². The molecule has 1 heterocycles. The third-order valence-electron chi connectivity index (χ3n) is 6.77. The maximum atomic E-state index is 13.4. The second kappa shape index (κ2) is 10.2. The molecule has 1 N–H and O–H groups in total. The number of nitrogens with zero attached hydrogens (tertiary/aromatic N) is 2. The fourth-order valence-electron chi connectivity index (χ4n) is 5.00. The van der Waals surface area contributed by atoms with Crippen LogP contribution < -0.4 is 10.1 Å². The van der Waals surface area contributed by atoms with Crippen LogP contribution in [0.3, 0.4) is 0 Å². The lowest BCUT2D eigenvalue weighted by atomic mass is 9.94. The lowest BCUT2D eigenvalue weighted by Gasteiger charge is -2.40. The highest BCUT2D eigenvalue weighted by Crippen LogP contribution is 2.32. The Bertz CT molecular complexity index is 930. The minimum absolute atomic E-state index is 0.0105. The molecule has 2 aromatic rings. The fraction of sp³-hybridized carbons (Fsp3) is 0.462. The number of ether oxygens (including phenoxy) is 1. The van der Waals surface area contributed by atoms with Gasteiger partial charge < -0.3 is 15.0 Å². The van der Waals surface area contributed by atoms with E-state index < -0.39 is 0 Å². The summed E-state index contributed by atoms with van der Waals surface area (Å²) in [6, 6.07) is 15.2. The molecule has 0 radical (unpaired) electrons. The molecule has 1 aliphatic heterocycles. The number of hydrogen-bond donors (Lipinski definition) is 1. The van der Waals surface area contributed by atoms with Gasteiger partial charge in [0.05, 0.1) is 18.7 Å². The molecule has 0 aromatic heterocycles. The van der Waals surface area contributed by atoms with Gasteiger partial charge >= 0.3 is 0 Å². The van der Waals surface area contributed by atoms with Gasteiger partial charge in [0.25, 0.3) is 5.91 Å². The minimum atomic E-state index is -0.151. The van der Waals surface area contributed by atoms with Crippen LogP contribution in [0.4, 0.5) is 5.69 Å². The molecule has 2 aliphatic rings. The van der Waals surface area contributed by atoms with Crippen molar-refractivity contribution in [3.8, 4) is 5.75 Å². The first-order chi connectivity index (χ1) is 15.6. The normalized spacial score (nSPS) is 18.4. The summed E-state index contributed by atoms with van der Waals surface area (Å²) in [5.74, 6) is 1.03. The van der Waals surface area contributed by atoms with E-state index in [1.165, 1.54) is 18.4 Å². The van der Waals surface area contributed by atoms with Gasteiger partial charge in [-0.2, -0.15) is 0 Å². The molecule has 1 unspecified atom stereocenters. The second-order valence-electron chi connectivity index (χ2n) is 8.87. The number of rotatable bonds is 6. The van der Waals surface area contributed by atoms with E-state index in [-0.39, 0.29) is 17.9 Å². The summed E-state index contributed by atoms with van der Waals surface area (Å²) in [5.41, 5.74) is 2.60. The first-order valence-corrected chi connectivity index (χ1v) is 11.6. The molecular weight excluding hydrogens is 402 g/mol. The van der Waals surface area contributed by atoms with E-state index >= 15 is 0 Å². The Morgan fingerprint density at radius 1 is 0.969 bits per heavy atom. The van der Waals surface area contributed by atoms with Crippen LogP contribution in [0.1, 0.15) is 41.6 Å². The van der Waals surface area contributed by atoms with Gasteiger partial charge in [-0.3, -0.25) is 14.5 Å². The molecule has 0 spiro atoms. The number of nitrogens with one attached hydrogen (secondary N) is 1. The van der Waals surface area contributed by atoms with Crippen LogP contribution in [-0.2, 0) is 4.79 Å². The smallest absolute Gasteiger partial charge is 0.257 e. The number of benzene rings is 2. The third-order valence-corrected chi connectivity index (χ3v) is 6.77. The Kier molecular flexibility index (Phi) is 7.10. The number of carbonyl (C=O) groups is 2. The molecule has 6 nitrogen and oxygen atoms in total. The van der Waals surface area contributed by atoms with Crippen molar-refractivity contribution in [3.05, 3.63) is 59.7 Å². The molecule has 1 saturated heterocycles. The van der Waals surface area contributed by atoms with Crippen molar-refractivity contribution in [1.82, 2.24) is 9.80 Å². The zero-order valence-electron chi connectivity index (χ0n) is 19.0. The Hall–Kier alpha value is -2.86. The van der Waals surface area contributed by atoms with Crippen LogP contribution in [0.2, 0.25) is 0 Å². The number of aryl methyl sites for hydroxylation is 1. The van der Waals surface area contributed by atoms with E-state index in [2.05, 4.69) is 10.2 Å². The van der Waals surface area contributed by atoms with Crippen molar-refractivity contribution in [2.45, 2.75) is 38.6 Å². The fourth-order valence-corrected chi connectivity index (χ4v) is 5.00. The molecule has 2 amide bonds. The van der Waals surface area contributed by atoms with Gasteiger partial charge in [-0.1, -0.05) is 42.7 Å². The summed E-state index contributed by atoms with van der Waals surface area (Å²) in [5, 5.41) is 3.14. The molecule has 1 aliphatic carbocycles. The first kappa shape index (κ1) is 22.3. The summed E-state index contributed by atoms with van der Waals surface area (Å²) in [6.07, 6.45) is 4.55.